The zero-order valence-electron chi connectivity index (χ0n) is 13.9. The quantitative estimate of drug-likeness (QED) is 0.839. The van der Waals surface area contributed by atoms with Gasteiger partial charge < -0.3 is 10.1 Å². The second kappa shape index (κ2) is 7.77. The fraction of sp³-hybridized carbons (Fsp3) is 1.00. The minimum Gasteiger partial charge on any atom is -0.381 e. The molecule has 5 unspecified atom stereocenters. The van der Waals surface area contributed by atoms with E-state index in [0.29, 0.717) is 12.0 Å². The lowest BCUT2D eigenvalue weighted by Gasteiger charge is -2.44. The maximum atomic E-state index is 5.76. The van der Waals surface area contributed by atoms with E-state index in [1.807, 2.05) is 0 Å². The normalized spacial score (nSPS) is 39.9. The van der Waals surface area contributed by atoms with Crippen molar-refractivity contribution in [2.45, 2.75) is 59.0 Å². The van der Waals surface area contributed by atoms with Gasteiger partial charge >= 0.3 is 0 Å². The number of nitrogens with zero attached hydrogens (tertiary/aromatic N) is 1. The van der Waals surface area contributed by atoms with Gasteiger partial charge in [-0.3, -0.25) is 4.90 Å². The Morgan fingerprint density at radius 1 is 1.25 bits per heavy atom. The number of likely N-dealkylation sites (tertiary alicyclic amines) is 1. The molecular weight excluding hydrogens is 248 g/mol. The summed E-state index contributed by atoms with van der Waals surface area (Å²) in [5, 5.41) is 3.74. The Hall–Kier alpha value is -0.120. The van der Waals surface area contributed by atoms with Crippen molar-refractivity contribution in [3.05, 3.63) is 0 Å². The Balaban J connectivity index is 1.91. The largest absolute Gasteiger partial charge is 0.381 e. The zero-order valence-corrected chi connectivity index (χ0v) is 13.9. The summed E-state index contributed by atoms with van der Waals surface area (Å²) in [5.41, 5.74) is 0. The Kier molecular flexibility index (Phi) is 6.31. The topological polar surface area (TPSA) is 24.5 Å². The molecule has 2 heterocycles. The Morgan fingerprint density at radius 3 is 2.80 bits per heavy atom. The van der Waals surface area contributed by atoms with Crippen LogP contribution in [0.5, 0.6) is 0 Å². The van der Waals surface area contributed by atoms with E-state index in [0.717, 1.165) is 37.6 Å². The van der Waals surface area contributed by atoms with E-state index in [1.165, 1.54) is 32.4 Å². The SMILES string of the molecule is CCCNC1CCOCC1CN1CC(C)CC(C)C1C. The standard InChI is InChI=1S/C17H34N2O/c1-5-7-18-17-6-8-20-12-16(17)11-19-10-13(2)9-14(3)15(19)4/h13-18H,5-12H2,1-4H3. The smallest absolute Gasteiger partial charge is 0.0521 e. The first kappa shape index (κ1) is 16.3. The van der Waals surface area contributed by atoms with Crippen molar-refractivity contribution in [1.29, 1.82) is 0 Å². The van der Waals surface area contributed by atoms with Crippen LogP contribution in [0.25, 0.3) is 0 Å². The summed E-state index contributed by atoms with van der Waals surface area (Å²) in [4.78, 5) is 2.72. The maximum absolute atomic E-state index is 5.76. The van der Waals surface area contributed by atoms with Gasteiger partial charge in [-0.2, -0.15) is 0 Å². The molecule has 0 saturated carbocycles. The van der Waals surface area contributed by atoms with Crippen LogP contribution >= 0.6 is 0 Å². The van der Waals surface area contributed by atoms with Crippen molar-refractivity contribution in [3.8, 4) is 0 Å². The summed E-state index contributed by atoms with van der Waals surface area (Å²) >= 11 is 0. The highest BCUT2D eigenvalue weighted by atomic mass is 16.5. The fourth-order valence-corrected chi connectivity index (χ4v) is 3.95. The molecule has 2 fully saturated rings. The van der Waals surface area contributed by atoms with E-state index in [4.69, 9.17) is 4.74 Å². The van der Waals surface area contributed by atoms with Gasteiger partial charge in [-0.25, -0.2) is 0 Å². The van der Waals surface area contributed by atoms with Crippen molar-refractivity contribution >= 4 is 0 Å². The summed E-state index contributed by atoms with van der Waals surface area (Å²) in [5.74, 6) is 2.33. The number of nitrogens with one attached hydrogen (secondary N) is 1. The van der Waals surface area contributed by atoms with Gasteiger partial charge in [0.05, 0.1) is 6.61 Å². The first-order chi connectivity index (χ1) is 9.61. The Labute approximate surface area is 125 Å². The molecular formula is C17H34N2O. The molecule has 2 aliphatic rings. The molecule has 3 heteroatoms. The van der Waals surface area contributed by atoms with E-state index in [9.17, 15) is 0 Å². The average molecular weight is 282 g/mol. The molecule has 2 rings (SSSR count). The second-order valence-electron chi connectivity index (χ2n) is 7.20. The molecule has 0 aliphatic carbocycles. The van der Waals surface area contributed by atoms with Gasteiger partial charge in [-0.15, -0.1) is 0 Å². The number of hydrogen-bond acceptors (Lipinski definition) is 3. The monoisotopic (exact) mass is 282 g/mol. The van der Waals surface area contributed by atoms with Crippen LogP contribution < -0.4 is 5.32 Å². The second-order valence-corrected chi connectivity index (χ2v) is 7.20. The average Bonchev–Trinajstić information content (AvgIpc) is 2.43. The fourth-order valence-electron chi connectivity index (χ4n) is 3.95. The van der Waals surface area contributed by atoms with Crippen LogP contribution in [0.4, 0.5) is 0 Å². The molecule has 2 aliphatic heterocycles. The summed E-state index contributed by atoms with van der Waals surface area (Å²) in [6, 6.07) is 1.38. The van der Waals surface area contributed by atoms with Crippen molar-refractivity contribution in [3.63, 3.8) is 0 Å². The van der Waals surface area contributed by atoms with Crippen LogP contribution in [0.1, 0.15) is 47.0 Å². The van der Waals surface area contributed by atoms with Crippen LogP contribution in [-0.2, 0) is 4.74 Å². The molecule has 5 atom stereocenters. The highest BCUT2D eigenvalue weighted by molar-refractivity contribution is 4.87. The van der Waals surface area contributed by atoms with Gasteiger partial charge in [-0.1, -0.05) is 20.8 Å². The van der Waals surface area contributed by atoms with Crippen molar-refractivity contribution in [2.24, 2.45) is 17.8 Å². The zero-order chi connectivity index (χ0) is 14.5. The third-order valence-corrected chi connectivity index (χ3v) is 5.32. The first-order valence-electron chi connectivity index (χ1n) is 8.67. The first-order valence-corrected chi connectivity index (χ1v) is 8.67. The van der Waals surface area contributed by atoms with Crippen LogP contribution in [0.3, 0.4) is 0 Å². The van der Waals surface area contributed by atoms with E-state index in [2.05, 4.69) is 37.9 Å². The molecule has 20 heavy (non-hydrogen) atoms. The van der Waals surface area contributed by atoms with Gasteiger partial charge in [-0.05, 0) is 44.6 Å². The maximum Gasteiger partial charge on any atom is 0.0521 e. The lowest BCUT2D eigenvalue weighted by Crippen LogP contribution is -2.53. The van der Waals surface area contributed by atoms with E-state index in [1.54, 1.807) is 0 Å². The molecule has 3 nitrogen and oxygen atoms in total. The van der Waals surface area contributed by atoms with Gasteiger partial charge in [0.1, 0.15) is 0 Å². The highest BCUT2D eigenvalue weighted by Crippen LogP contribution is 2.28. The minimum absolute atomic E-state index is 0.656. The highest BCUT2D eigenvalue weighted by Gasteiger charge is 2.33. The molecule has 0 bridgehead atoms. The summed E-state index contributed by atoms with van der Waals surface area (Å²) in [7, 11) is 0. The van der Waals surface area contributed by atoms with Gasteiger partial charge in [0.15, 0.2) is 0 Å². The van der Waals surface area contributed by atoms with Crippen molar-refractivity contribution in [2.75, 3.05) is 32.8 Å². The predicted octanol–water partition coefficient (Wildman–Crippen LogP) is 2.76. The molecule has 1 N–H and O–H groups in total. The van der Waals surface area contributed by atoms with E-state index in [-0.39, 0.29) is 0 Å². The third kappa shape index (κ3) is 4.19. The molecule has 2 saturated heterocycles. The Bertz CT molecular complexity index is 284. The number of rotatable bonds is 5. The van der Waals surface area contributed by atoms with Crippen LogP contribution in [0.2, 0.25) is 0 Å². The molecule has 0 aromatic heterocycles. The van der Waals surface area contributed by atoms with Crippen LogP contribution in [-0.4, -0.2) is 49.8 Å². The number of ether oxygens (including phenoxy) is 1. The number of hydrogen-bond donors (Lipinski definition) is 1. The molecule has 118 valence electrons. The molecule has 0 amide bonds. The Morgan fingerprint density at radius 2 is 2.05 bits per heavy atom. The van der Waals surface area contributed by atoms with E-state index < -0.39 is 0 Å². The lowest BCUT2D eigenvalue weighted by molar-refractivity contribution is -0.00732. The molecule has 0 spiro atoms. The molecule has 0 aromatic rings. The van der Waals surface area contributed by atoms with Crippen LogP contribution in [0, 0.1) is 17.8 Å². The third-order valence-electron chi connectivity index (χ3n) is 5.32. The predicted molar refractivity (Wildman–Crippen MR) is 85.0 cm³/mol. The summed E-state index contributed by atoms with van der Waals surface area (Å²) in [6.07, 6.45) is 3.78. The van der Waals surface area contributed by atoms with Crippen molar-refractivity contribution in [1.82, 2.24) is 10.2 Å². The summed E-state index contributed by atoms with van der Waals surface area (Å²) < 4.78 is 5.76. The van der Waals surface area contributed by atoms with Gasteiger partial charge in [0.25, 0.3) is 0 Å². The summed E-state index contributed by atoms with van der Waals surface area (Å²) in [6.45, 7) is 15.0. The van der Waals surface area contributed by atoms with Gasteiger partial charge in [0, 0.05) is 37.7 Å². The van der Waals surface area contributed by atoms with E-state index >= 15 is 0 Å². The van der Waals surface area contributed by atoms with Crippen LogP contribution in [0.15, 0.2) is 0 Å². The minimum atomic E-state index is 0.656. The van der Waals surface area contributed by atoms with Crippen molar-refractivity contribution < 1.29 is 4.74 Å². The lowest BCUT2D eigenvalue weighted by atomic mass is 9.84. The number of piperidine rings is 1. The molecule has 0 aromatic carbocycles. The molecule has 0 radical (unpaired) electrons. The van der Waals surface area contributed by atoms with Gasteiger partial charge in [0.2, 0.25) is 0 Å².